The van der Waals surface area contributed by atoms with E-state index in [1.165, 1.54) is 24.0 Å². The van der Waals surface area contributed by atoms with E-state index >= 15 is 0 Å². The van der Waals surface area contributed by atoms with Crippen LogP contribution in [-0.2, 0) is 9.59 Å². The van der Waals surface area contributed by atoms with Crippen LogP contribution in [0.1, 0.15) is 23.6 Å². The molecule has 2 aromatic rings. The Labute approximate surface area is 181 Å². The quantitative estimate of drug-likeness (QED) is 0.372. The molecule has 8 heteroatoms. The zero-order valence-corrected chi connectivity index (χ0v) is 18.2. The average Bonchev–Trinajstić information content (AvgIpc) is 3.03. The molecular weight excluding hydrogens is 398 g/mol. The minimum absolute atomic E-state index is 0.0439. The van der Waals surface area contributed by atoms with E-state index in [9.17, 15) is 14.7 Å². The maximum absolute atomic E-state index is 13.0. The number of hydrogen-bond donors (Lipinski definition) is 2. The van der Waals surface area contributed by atoms with Gasteiger partial charge in [0.15, 0.2) is 11.5 Å². The zero-order valence-electron chi connectivity index (χ0n) is 18.2. The topological polar surface area (TPSA) is 93.4 Å². The molecule has 1 aromatic heterocycles. The third-order valence-electron chi connectivity index (χ3n) is 5.27. The van der Waals surface area contributed by atoms with Crippen LogP contribution in [0.2, 0.25) is 0 Å². The van der Waals surface area contributed by atoms with Crippen molar-refractivity contribution in [1.29, 1.82) is 0 Å². The van der Waals surface area contributed by atoms with Gasteiger partial charge >= 0.3 is 0 Å². The minimum Gasteiger partial charge on any atom is -0.507 e. The highest BCUT2D eigenvalue weighted by Crippen LogP contribution is 2.40. The number of rotatable bonds is 8. The standard InChI is InChI=1S/C23H27N3O5/c1-25(2)11-6-12-26-20(16-7-5-10-24-14-16)19(22(28)23(26)29)21(27)15-8-9-17(30-3)18(13-15)31-4/h5,7-10,13-14,20,27H,6,11-12H2,1-4H3/p+1/t20-/m0/s1. The largest absolute Gasteiger partial charge is 0.507 e. The van der Waals surface area contributed by atoms with Crippen molar-refractivity contribution in [1.82, 2.24) is 9.88 Å². The van der Waals surface area contributed by atoms with E-state index in [0.717, 1.165) is 13.0 Å². The molecule has 0 spiro atoms. The van der Waals surface area contributed by atoms with Crippen molar-refractivity contribution in [2.45, 2.75) is 12.5 Å². The molecule has 0 aliphatic carbocycles. The normalized spacial score (nSPS) is 18.0. The Hall–Kier alpha value is -3.39. The molecule has 1 amide bonds. The van der Waals surface area contributed by atoms with Crippen molar-refractivity contribution in [2.75, 3.05) is 41.4 Å². The second-order valence-electron chi connectivity index (χ2n) is 7.66. The molecular formula is C23H28N3O5+. The summed E-state index contributed by atoms with van der Waals surface area (Å²) in [5.41, 5.74) is 1.07. The van der Waals surface area contributed by atoms with Crippen LogP contribution in [-0.4, -0.2) is 68.1 Å². The molecule has 1 atom stereocenters. The zero-order chi connectivity index (χ0) is 22.5. The maximum Gasteiger partial charge on any atom is 0.295 e. The molecule has 164 valence electrons. The molecule has 31 heavy (non-hydrogen) atoms. The molecule has 1 aromatic carbocycles. The fourth-order valence-electron chi connectivity index (χ4n) is 3.74. The molecule has 0 radical (unpaired) electrons. The summed E-state index contributed by atoms with van der Waals surface area (Å²) in [6.07, 6.45) is 3.96. The summed E-state index contributed by atoms with van der Waals surface area (Å²) in [4.78, 5) is 32.8. The predicted octanol–water partition coefficient (Wildman–Crippen LogP) is 1.06. The number of ether oxygens (including phenoxy) is 2. The second-order valence-corrected chi connectivity index (χ2v) is 7.66. The summed E-state index contributed by atoms with van der Waals surface area (Å²) in [6.45, 7) is 1.25. The van der Waals surface area contributed by atoms with E-state index in [2.05, 4.69) is 4.98 Å². The summed E-state index contributed by atoms with van der Waals surface area (Å²) < 4.78 is 10.6. The molecule has 0 unspecified atom stereocenters. The van der Waals surface area contributed by atoms with E-state index < -0.39 is 17.7 Å². The smallest absolute Gasteiger partial charge is 0.295 e. The van der Waals surface area contributed by atoms with Gasteiger partial charge in [-0.05, 0) is 29.8 Å². The molecule has 8 nitrogen and oxygen atoms in total. The van der Waals surface area contributed by atoms with Crippen molar-refractivity contribution in [2.24, 2.45) is 0 Å². The highest BCUT2D eigenvalue weighted by Gasteiger charge is 2.46. The fraction of sp³-hybridized carbons (Fsp3) is 0.348. The number of aromatic nitrogens is 1. The van der Waals surface area contributed by atoms with Crippen molar-refractivity contribution >= 4 is 17.4 Å². The lowest BCUT2D eigenvalue weighted by Gasteiger charge is -2.25. The Bertz CT molecular complexity index is 988. The SMILES string of the molecule is COc1ccc(C(O)=C2C(=O)C(=O)N(CCC[NH+](C)C)[C@H]2c2cccnc2)cc1OC. The Morgan fingerprint density at radius 1 is 1.16 bits per heavy atom. The maximum atomic E-state index is 13.0. The van der Waals surface area contributed by atoms with Gasteiger partial charge in [-0.1, -0.05) is 6.07 Å². The van der Waals surface area contributed by atoms with Crippen molar-refractivity contribution in [3.8, 4) is 11.5 Å². The van der Waals surface area contributed by atoms with E-state index in [1.54, 1.807) is 42.7 Å². The number of Topliss-reactive ketones (excluding diaryl/α,β-unsaturated/α-hetero) is 1. The number of quaternary nitrogens is 1. The van der Waals surface area contributed by atoms with E-state index in [-0.39, 0.29) is 11.3 Å². The van der Waals surface area contributed by atoms with Crippen LogP contribution >= 0.6 is 0 Å². The summed E-state index contributed by atoms with van der Waals surface area (Å²) >= 11 is 0. The first-order valence-electron chi connectivity index (χ1n) is 10.1. The summed E-state index contributed by atoms with van der Waals surface area (Å²) in [7, 11) is 7.07. The average molecular weight is 426 g/mol. The van der Waals surface area contributed by atoms with Gasteiger partial charge in [-0.25, -0.2) is 0 Å². The monoisotopic (exact) mass is 426 g/mol. The van der Waals surface area contributed by atoms with Crippen LogP contribution < -0.4 is 14.4 Å². The first-order chi connectivity index (χ1) is 14.9. The number of ketones is 1. The Morgan fingerprint density at radius 3 is 2.52 bits per heavy atom. The van der Waals surface area contributed by atoms with Gasteiger partial charge in [0.05, 0.1) is 46.5 Å². The Morgan fingerprint density at radius 2 is 1.90 bits per heavy atom. The van der Waals surface area contributed by atoms with E-state index in [0.29, 0.717) is 29.2 Å². The van der Waals surface area contributed by atoms with Crippen LogP contribution in [0.5, 0.6) is 11.5 Å². The number of aliphatic hydroxyl groups excluding tert-OH is 1. The predicted molar refractivity (Wildman–Crippen MR) is 115 cm³/mol. The van der Waals surface area contributed by atoms with Crippen LogP contribution in [0.15, 0.2) is 48.3 Å². The molecule has 2 heterocycles. The van der Waals surface area contributed by atoms with Crippen LogP contribution in [0.4, 0.5) is 0 Å². The molecule has 0 saturated carbocycles. The van der Waals surface area contributed by atoms with Gasteiger partial charge in [-0.2, -0.15) is 0 Å². The van der Waals surface area contributed by atoms with Gasteiger partial charge in [0.1, 0.15) is 5.76 Å². The molecule has 1 fully saturated rings. The number of pyridine rings is 1. The van der Waals surface area contributed by atoms with Gasteiger partial charge < -0.3 is 24.4 Å². The van der Waals surface area contributed by atoms with Gasteiger partial charge in [-0.3, -0.25) is 14.6 Å². The van der Waals surface area contributed by atoms with Crippen LogP contribution in [0.3, 0.4) is 0 Å². The van der Waals surface area contributed by atoms with Crippen molar-refractivity contribution < 1.29 is 29.1 Å². The Kier molecular flexibility index (Phi) is 6.91. The number of likely N-dealkylation sites (tertiary alicyclic amines) is 1. The lowest BCUT2D eigenvalue weighted by molar-refractivity contribution is -0.858. The third-order valence-corrected chi connectivity index (χ3v) is 5.27. The number of amides is 1. The van der Waals surface area contributed by atoms with E-state index in [4.69, 9.17) is 9.47 Å². The molecule has 0 bridgehead atoms. The van der Waals surface area contributed by atoms with Crippen molar-refractivity contribution in [3.63, 3.8) is 0 Å². The summed E-state index contributed by atoms with van der Waals surface area (Å²) in [5, 5.41) is 11.1. The number of methoxy groups -OCH3 is 2. The first kappa shape index (κ1) is 22.3. The highest BCUT2D eigenvalue weighted by atomic mass is 16.5. The molecule has 1 aliphatic heterocycles. The van der Waals surface area contributed by atoms with Gasteiger partial charge in [0, 0.05) is 30.9 Å². The molecule has 3 rings (SSSR count). The number of carbonyl (C=O) groups excluding carboxylic acids is 2. The fourth-order valence-corrected chi connectivity index (χ4v) is 3.74. The third kappa shape index (κ3) is 4.54. The lowest BCUT2D eigenvalue weighted by Crippen LogP contribution is -3.05. The number of nitrogens with one attached hydrogen (secondary N) is 1. The number of carbonyl (C=O) groups is 2. The number of benzene rings is 1. The van der Waals surface area contributed by atoms with Gasteiger partial charge in [0.25, 0.3) is 11.7 Å². The number of nitrogens with zero attached hydrogens (tertiary/aromatic N) is 2. The second kappa shape index (κ2) is 9.61. The number of hydrogen-bond acceptors (Lipinski definition) is 6. The van der Waals surface area contributed by atoms with Gasteiger partial charge in [0.2, 0.25) is 0 Å². The molecule has 1 aliphatic rings. The summed E-state index contributed by atoms with van der Waals surface area (Å²) in [5.74, 6) is -0.681. The van der Waals surface area contributed by atoms with Crippen molar-refractivity contribution in [3.05, 3.63) is 59.4 Å². The highest BCUT2D eigenvalue weighted by molar-refractivity contribution is 6.46. The van der Waals surface area contributed by atoms with Crippen LogP contribution in [0, 0.1) is 0 Å². The number of aliphatic hydroxyl groups is 1. The van der Waals surface area contributed by atoms with Gasteiger partial charge in [-0.15, -0.1) is 0 Å². The molecule has 1 saturated heterocycles. The first-order valence-corrected chi connectivity index (χ1v) is 10.1. The molecule has 2 N–H and O–H groups in total. The lowest BCUT2D eigenvalue weighted by atomic mass is 9.96. The summed E-state index contributed by atoms with van der Waals surface area (Å²) in [6, 6.07) is 7.69. The Balaban J connectivity index is 2.09. The van der Waals surface area contributed by atoms with Crippen LogP contribution in [0.25, 0.3) is 5.76 Å². The minimum atomic E-state index is -0.710. The van der Waals surface area contributed by atoms with E-state index in [1.807, 2.05) is 14.1 Å².